The average Bonchev–Trinajstić information content (AvgIpc) is 2.67. The smallest absolute Gasteiger partial charge is 0.0118 e. The summed E-state index contributed by atoms with van der Waals surface area (Å²) in [6.45, 7) is 0. The summed E-state index contributed by atoms with van der Waals surface area (Å²) in [5.41, 5.74) is 10.8. The number of fused-ring (bicyclic) bond motifs is 3. The van der Waals surface area contributed by atoms with Gasteiger partial charge >= 0.3 is 0 Å². The number of hydrogen-bond donors (Lipinski definition) is 0. The maximum Gasteiger partial charge on any atom is -0.0118 e. The highest BCUT2D eigenvalue weighted by Crippen LogP contribution is 2.41. The van der Waals surface area contributed by atoms with E-state index in [2.05, 4.69) is 54.7 Å². The number of hydrogen-bond acceptors (Lipinski definition) is 0. The second-order valence-corrected chi connectivity index (χ2v) is 7.55. The van der Waals surface area contributed by atoms with Crippen molar-refractivity contribution in [3.05, 3.63) is 82.5 Å². The number of aryl methyl sites for hydroxylation is 1. The first kappa shape index (κ1) is 14.3. The van der Waals surface area contributed by atoms with Crippen molar-refractivity contribution in [2.75, 3.05) is 0 Å². The van der Waals surface area contributed by atoms with Crippen molar-refractivity contribution in [1.29, 1.82) is 0 Å². The van der Waals surface area contributed by atoms with Crippen molar-refractivity contribution in [1.82, 2.24) is 0 Å². The highest BCUT2D eigenvalue weighted by atomic mass is 14.3. The van der Waals surface area contributed by atoms with Gasteiger partial charge in [0.15, 0.2) is 0 Å². The van der Waals surface area contributed by atoms with Gasteiger partial charge in [-0.3, -0.25) is 0 Å². The molecule has 0 amide bonds. The van der Waals surface area contributed by atoms with Gasteiger partial charge in [-0.1, -0.05) is 54.7 Å². The van der Waals surface area contributed by atoms with Crippen LogP contribution in [-0.2, 0) is 6.42 Å². The summed E-state index contributed by atoms with van der Waals surface area (Å²) < 4.78 is 0. The minimum absolute atomic E-state index is 0.754. The third-order valence-corrected chi connectivity index (χ3v) is 6.15. The number of rotatable bonds is 1. The summed E-state index contributed by atoms with van der Waals surface area (Å²) in [5, 5.41) is 0. The standard InChI is InChI=1S/C24H24/c1-2-7-19-15-20(11-9-17(19)5-1)21-13-14-24-22(16-21)12-10-18-6-3-4-8-23(18)24/h1,3-5,8,13-16,18H,2,6-7,9-12H2. The van der Waals surface area contributed by atoms with E-state index in [-0.39, 0.29) is 0 Å². The fourth-order valence-corrected chi connectivity index (χ4v) is 4.79. The number of allylic oxidation sites excluding steroid dienone is 10. The minimum atomic E-state index is 0.754. The molecule has 4 aliphatic rings. The lowest BCUT2D eigenvalue weighted by Gasteiger charge is -2.30. The zero-order valence-corrected chi connectivity index (χ0v) is 14.2. The topological polar surface area (TPSA) is 0 Å². The quantitative estimate of drug-likeness (QED) is 0.561. The minimum Gasteiger partial charge on any atom is -0.0839 e. The molecule has 0 saturated carbocycles. The van der Waals surface area contributed by atoms with Crippen LogP contribution >= 0.6 is 0 Å². The Bertz CT molecular complexity index is 839. The molecular formula is C24H24. The Morgan fingerprint density at radius 2 is 1.92 bits per heavy atom. The summed E-state index contributed by atoms with van der Waals surface area (Å²) in [4.78, 5) is 0. The van der Waals surface area contributed by atoms with E-state index in [0.29, 0.717) is 0 Å². The number of benzene rings is 1. The predicted molar refractivity (Wildman–Crippen MR) is 103 cm³/mol. The van der Waals surface area contributed by atoms with Gasteiger partial charge < -0.3 is 0 Å². The monoisotopic (exact) mass is 312 g/mol. The van der Waals surface area contributed by atoms with Gasteiger partial charge in [0.2, 0.25) is 0 Å². The van der Waals surface area contributed by atoms with Crippen molar-refractivity contribution < 1.29 is 0 Å². The molecule has 1 atom stereocenters. The molecule has 0 aromatic heterocycles. The van der Waals surface area contributed by atoms with E-state index in [1.807, 2.05) is 0 Å². The van der Waals surface area contributed by atoms with Gasteiger partial charge in [-0.15, -0.1) is 0 Å². The van der Waals surface area contributed by atoms with E-state index < -0.39 is 0 Å². The average molecular weight is 312 g/mol. The van der Waals surface area contributed by atoms with Crippen LogP contribution in [0.4, 0.5) is 0 Å². The molecule has 0 heteroatoms. The first-order valence-corrected chi connectivity index (χ1v) is 9.48. The van der Waals surface area contributed by atoms with Crippen molar-refractivity contribution in [2.24, 2.45) is 5.92 Å². The van der Waals surface area contributed by atoms with Gasteiger partial charge in [-0.05, 0) is 89.8 Å². The zero-order chi connectivity index (χ0) is 15.9. The third kappa shape index (κ3) is 2.36. The van der Waals surface area contributed by atoms with Gasteiger partial charge in [-0.2, -0.15) is 0 Å². The second kappa shape index (κ2) is 5.77. The molecule has 0 nitrogen and oxygen atoms in total. The van der Waals surface area contributed by atoms with Gasteiger partial charge in [0.05, 0.1) is 0 Å². The Hall–Kier alpha value is -2.08. The van der Waals surface area contributed by atoms with Crippen LogP contribution in [0.25, 0.3) is 11.1 Å². The van der Waals surface area contributed by atoms with Crippen molar-refractivity contribution in [3.63, 3.8) is 0 Å². The second-order valence-electron chi connectivity index (χ2n) is 7.55. The Kier molecular flexibility index (Phi) is 3.43. The maximum atomic E-state index is 2.49. The molecule has 0 radical (unpaired) electrons. The molecule has 0 fully saturated rings. The molecule has 0 aliphatic heterocycles. The summed E-state index contributed by atoms with van der Waals surface area (Å²) >= 11 is 0. The highest BCUT2D eigenvalue weighted by molar-refractivity contribution is 5.78. The Labute approximate surface area is 145 Å². The molecular weight excluding hydrogens is 288 g/mol. The first-order chi connectivity index (χ1) is 11.9. The molecule has 0 bridgehead atoms. The first-order valence-electron chi connectivity index (χ1n) is 9.48. The summed E-state index contributed by atoms with van der Waals surface area (Å²) in [7, 11) is 0. The Morgan fingerprint density at radius 1 is 0.917 bits per heavy atom. The summed E-state index contributed by atoms with van der Waals surface area (Å²) in [6, 6.07) is 7.25. The van der Waals surface area contributed by atoms with Gasteiger partial charge in [0.1, 0.15) is 0 Å². The third-order valence-electron chi connectivity index (χ3n) is 6.15. The van der Waals surface area contributed by atoms with Crippen LogP contribution in [0.3, 0.4) is 0 Å². The van der Waals surface area contributed by atoms with E-state index in [0.717, 1.165) is 5.92 Å². The maximum absolute atomic E-state index is 2.49. The Balaban J connectivity index is 1.52. The molecule has 0 saturated heterocycles. The molecule has 1 aromatic carbocycles. The summed E-state index contributed by atoms with van der Waals surface area (Å²) in [5.74, 6) is 0.754. The molecule has 1 unspecified atom stereocenters. The van der Waals surface area contributed by atoms with E-state index in [4.69, 9.17) is 0 Å². The Morgan fingerprint density at radius 3 is 2.92 bits per heavy atom. The van der Waals surface area contributed by atoms with Crippen LogP contribution in [0.1, 0.15) is 55.2 Å². The fraction of sp³-hybridized carbons (Fsp3) is 0.333. The SMILES string of the molecule is C1=CCC2CCc3cc(C4=CC5=C(C=CCC5)CC4)ccc3C2=C1. The van der Waals surface area contributed by atoms with E-state index in [1.165, 1.54) is 56.1 Å². The normalized spacial score (nSPS) is 24.8. The van der Waals surface area contributed by atoms with Crippen LogP contribution in [0.5, 0.6) is 0 Å². The lowest BCUT2D eigenvalue weighted by Crippen LogP contribution is -2.14. The van der Waals surface area contributed by atoms with Gasteiger partial charge in [0.25, 0.3) is 0 Å². The largest absolute Gasteiger partial charge is 0.0839 e. The lowest BCUT2D eigenvalue weighted by molar-refractivity contribution is 0.593. The molecule has 0 N–H and O–H groups in total. The van der Waals surface area contributed by atoms with Crippen LogP contribution in [0.2, 0.25) is 0 Å². The lowest BCUT2D eigenvalue weighted by atomic mass is 9.75. The molecule has 1 aromatic rings. The molecule has 0 heterocycles. The van der Waals surface area contributed by atoms with Gasteiger partial charge in [-0.25, -0.2) is 0 Å². The van der Waals surface area contributed by atoms with Crippen molar-refractivity contribution in [3.8, 4) is 0 Å². The van der Waals surface area contributed by atoms with Crippen LogP contribution in [-0.4, -0.2) is 0 Å². The highest BCUT2D eigenvalue weighted by Gasteiger charge is 2.24. The molecule has 120 valence electrons. The molecule has 5 rings (SSSR count). The van der Waals surface area contributed by atoms with Gasteiger partial charge in [0, 0.05) is 0 Å². The fourth-order valence-electron chi connectivity index (χ4n) is 4.79. The summed E-state index contributed by atoms with van der Waals surface area (Å²) in [6.07, 6.45) is 22.7. The predicted octanol–water partition coefficient (Wildman–Crippen LogP) is 6.42. The van der Waals surface area contributed by atoms with Crippen molar-refractivity contribution >= 4 is 11.1 Å². The van der Waals surface area contributed by atoms with Crippen molar-refractivity contribution in [2.45, 2.75) is 44.9 Å². The van der Waals surface area contributed by atoms with E-state index in [1.54, 1.807) is 27.9 Å². The molecule has 4 aliphatic carbocycles. The molecule has 24 heavy (non-hydrogen) atoms. The molecule has 0 spiro atoms. The van der Waals surface area contributed by atoms with Crippen LogP contribution in [0.15, 0.2) is 65.8 Å². The van der Waals surface area contributed by atoms with E-state index in [9.17, 15) is 0 Å². The van der Waals surface area contributed by atoms with Crippen LogP contribution < -0.4 is 0 Å². The van der Waals surface area contributed by atoms with E-state index >= 15 is 0 Å². The zero-order valence-electron chi connectivity index (χ0n) is 14.2. The van der Waals surface area contributed by atoms with Crippen LogP contribution in [0, 0.1) is 5.92 Å².